The van der Waals surface area contributed by atoms with Gasteiger partial charge < -0.3 is 11.1 Å². The van der Waals surface area contributed by atoms with Crippen molar-refractivity contribution >= 4 is 11.6 Å². The number of aryl methyl sites for hydroxylation is 1. The molecular formula is C16H17FN2O. The lowest BCUT2D eigenvalue weighted by molar-refractivity contribution is -0.117. The van der Waals surface area contributed by atoms with Gasteiger partial charge in [-0.05, 0) is 42.7 Å². The highest BCUT2D eigenvalue weighted by atomic mass is 19.1. The molecule has 0 radical (unpaired) electrons. The Hall–Kier alpha value is -2.20. The monoisotopic (exact) mass is 272 g/mol. The first-order valence-corrected chi connectivity index (χ1v) is 6.43. The van der Waals surface area contributed by atoms with E-state index in [9.17, 15) is 9.18 Å². The number of halogens is 1. The Morgan fingerprint density at radius 3 is 2.60 bits per heavy atom. The van der Waals surface area contributed by atoms with E-state index in [-0.39, 0.29) is 11.7 Å². The molecule has 0 saturated carbocycles. The minimum atomic E-state index is -0.636. The maximum Gasteiger partial charge on any atom is 0.241 e. The summed E-state index contributed by atoms with van der Waals surface area (Å²) in [6, 6.07) is 13.4. The zero-order valence-electron chi connectivity index (χ0n) is 11.3. The fraction of sp³-hybridized carbons (Fsp3) is 0.188. The van der Waals surface area contributed by atoms with Crippen LogP contribution in [0.2, 0.25) is 0 Å². The third kappa shape index (κ3) is 3.65. The smallest absolute Gasteiger partial charge is 0.241 e. The van der Waals surface area contributed by atoms with Crippen LogP contribution in [-0.2, 0) is 11.2 Å². The molecule has 20 heavy (non-hydrogen) atoms. The van der Waals surface area contributed by atoms with E-state index in [1.165, 1.54) is 12.1 Å². The van der Waals surface area contributed by atoms with Gasteiger partial charge in [-0.3, -0.25) is 4.79 Å². The largest absolute Gasteiger partial charge is 0.325 e. The fourth-order valence-electron chi connectivity index (χ4n) is 1.92. The van der Waals surface area contributed by atoms with Gasteiger partial charge in [-0.1, -0.05) is 30.3 Å². The molecule has 1 amide bonds. The summed E-state index contributed by atoms with van der Waals surface area (Å²) in [5.74, 6) is -0.573. The van der Waals surface area contributed by atoms with Crippen molar-refractivity contribution in [1.29, 1.82) is 0 Å². The molecule has 2 rings (SSSR count). The van der Waals surface area contributed by atoms with Gasteiger partial charge in [0.1, 0.15) is 5.82 Å². The lowest BCUT2D eigenvalue weighted by Crippen LogP contribution is -2.37. The van der Waals surface area contributed by atoms with Crippen molar-refractivity contribution in [3.05, 3.63) is 65.5 Å². The minimum absolute atomic E-state index is 0.278. The average molecular weight is 272 g/mol. The summed E-state index contributed by atoms with van der Waals surface area (Å²) < 4.78 is 13.1. The van der Waals surface area contributed by atoms with Gasteiger partial charge in [-0.25, -0.2) is 4.39 Å². The molecule has 1 unspecified atom stereocenters. The zero-order chi connectivity index (χ0) is 14.5. The van der Waals surface area contributed by atoms with Crippen LogP contribution >= 0.6 is 0 Å². The standard InChI is InChI=1S/C16H17FN2O/c1-11-9-13(7-8-14(11)17)19-16(20)15(18)10-12-5-3-2-4-6-12/h2-9,15H,10,18H2,1H3,(H,19,20). The van der Waals surface area contributed by atoms with Gasteiger partial charge in [0.05, 0.1) is 6.04 Å². The van der Waals surface area contributed by atoms with Crippen molar-refractivity contribution in [3.63, 3.8) is 0 Å². The molecule has 0 aliphatic carbocycles. The van der Waals surface area contributed by atoms with Crippen molar-refractivity contribution in [2.75, 3.05) is 5.32 Å². The SMILES string of the molecule is Cc1cc(NC(=O)C(N)Cc2ccccc2)ccc1F. The summed E-state index contributed by atoms with van der Waals surface area (Å²) in [6.45, 7) is 1.65. The maximum atomic E-state index is 13.1. The van der Waals surface area contributed by atoms with Crippen molar-refractivity contribution < 1.29 is 9.18 Å². The molecule has 4 heteroatoms. The normalized spacial score (nSPS) is 11.9. The second-order valence-electron chi connectivity index (χ2n) is 4.75. The Morgan fingerprint density at radius 1 is 1.25 bits per heavy atom. The van der Waals surface area contributed by atoms with E-state index in [1.54, 1.807) is 13.0 Å². The fourth-order valence-corrected chi connectivity index (χ4v) is 1.92. The predicted octanol–water partition coefficient (Wildman–Crippen LogP) is 2.64. The van der Waals surface area contributed by atoms with Crippen LogP contribution < -0.4 is 11.1 Å². The highest BCUT2D eigenvalue weighted by Crippen LogP contribution is 2.14. The Kier molecular flexibility index (Phi) is 4.48. The van der Waals surface area contributed by atoms with Gasteiger partial charge in [-0.2, -0.15) is 0 Å². The Labute approximate surface area is 117 Å². The van der Waals surface area contributed by atoms with Crippen molar-refractivity contribution in [3.8, 4) is 0 Å². The number of hydrogen-bond acceptors (Lipinski definition) is 2. The molecule has 1 atom stereocenters. The molecule has 0 bridgehead atoms. The second kappa shape index (κ2) is 6.30. The molecule has 0 spiro atoms. The number of nitrogens with one attached hydrogen (secondary N) is 1. The molecular weight excluding hydrogens is 255 g/mol. The van der Waals surface area contributed by atoms with Crippen LogP contribution in [0.1, 0.15) is 11.1 Å². The molecule has 0 heterocycles. The lowest BCUT2D eigenvalue weighted by Gasteiger charge is -2.13. The van der Waals surface area contributed by atoms with E-state index >= 15 is 0 Å². The first kappa shape index (κ1) is 14.2. The number of hydrogen-bond donors (Lipinski definition) is 2. The Morgan fingerprint density at radius 2 is 1.95 bits per heavy atom. The molecule has 0 aliphatic rings. The van der Waals surface area contributed by atoms with Crippen molar-refractivity contribution in [2.24, 2.45) is 5.73 Å². The number of rotatable bonds is 4. The van der Waals surface area contributed by atoms with Gasteiger partial charge in [-0.15, -0.1) is 0 Å². The van der Waals surface area contributed by atoms with Gasteiger partial charge in [0, 0.05) is 5.69 Å². The molecule has 0 aliphatic heterocycles. The molecule has 3 N–H and O–H groups in total. The van der Waals surface area contributed by atoms with E-state index in [4.69, 9.17) is 5.73 Å². The molecule has 3 nitrogen and oxygen atoms in total. The van der Waals surface area contributed by atoms with Gasteiger partial charge in [0.25, 0.3) is 0 Å². The van der Waals surface area contributed by atoms with E-state index in [2.05, 4.69) is 5.32 Å². The summed E-state index contributed by atoms with van der Waals surface area (Å²) in [5, 5.41) is 2.70. The quantitative estimate of drug-likeness (QED) is 0.899. The highest BCUT2D eigenvalue weighted by molar-refractivity contribution is 5.94. The van der Waals surface area contributed by atoms with Gasteiger partial charge in [0.2, 0.25) is 5.91 Å². The summed E-state index contributed by atoms with van der Waals surface area (Å²) in [7, 11) is 0. The first-order valence-electron chi connectivity index (χ1n) is 6.43. The van der Waals surface area contributed by atoms with Crippen molar-refractivity contribution in [1.82, 2.24) is 0 Å². The lowest BCUT2D eigenvalue weighted by atomic mass is 10.1. The first-order chi connectivity index (χ1) is 9.56. The minimum Gasteiger partial charge on any atom is -0.325 e. The molecule has 0 saturated heterocycles. The van der Waals surface area contributed by atoms with Crippen LogP contribution in [-0.4, -0.2) is 11.9 Å². The number of carbonyl (C=O) groups excluding carboxylic acids is 1. The second-order valence-corrected chi connectivity index (χ2v) is 4.75. The van der Waals surface area contributed by atoms with Crippen LogP contribution in [0.25, 0.3) is 0 Å². The van der Waals surface area contributed by atoms with Crippen LogP contribution in [0.15, 0.2) is 48.5 Å². The summed E-state index contributed by atoms with van der Waals surface area (Å²) >= 11 is 0. The number of amides is 1. The molecule has 2 aromatic carbocycles. The third-order valence-corrected chi connectivity index (χ3v) is 3.06. The highest BCUT2D eigenvalue weighted by Gasteiger charge is 2.14. The summed E-state index contributed by atoms with van der Waals surface area (Å²) in [5.41, 5.74) is 7.92. The van der Waals surface area contributed by atoms with Crippen LogP contribution in [0.4, 0.5) is 10.1 Å². The Bertz CT molecular complexity index is 599. The van der Waals surface area contributed by atoms with Crippen LogP contribution in [0.5, 0.6) is 0 Å². The van der Waals surface area contributed by atoms with E-state index in [0.717, 1.165) is 5.56 Å². The summed E-state index contributed by atoms with van der Waals surface area (Å²) in [4.78, 5) is 12.0. The summed E-state index contributed by atoms with van der Waals surface area (Å²) in [6.07, 6.45) is 0.465. The number of carbonyl (C=O) groups is 1. The van der Waals surface area contributed by atoms with Crippen molar-refractivity contribution in [2.45, 2.75) is 19.4 Å². The molecule has 2 aromatic rings. The van der Waals surface area contributed by atoms with Gasteiger partial charge in [0.15, 0.2) is 0 Å². The van der Waals surface area contributed by atoms with Crippen LogP contribution in [0.3, 0.4) is 0 Å². The number of nitrogens with two attached hydrogens (primary N) is 1. The van der Waals surface area contributed by atoms with E-state index in [1.807, 2.05) is 30.3 Å². The predicted molar refractivity (Wildman–Crippen MR) is 77.9 cm³/mol. The van der Waals surface area contributed by atoms with E-state index < -0.39 is 6.04 Å². The van der Waals surface area contributed by atoms with E-state index in [0.29, 0.717) is 17.7 Å². The van der Waals surface area contributed by atoms with Crippen LogP contribution in [0, 0.1) is 12.7 Å². The maximum absolute atomic E-state index is 13.1. The topological polar surface area (TPSA) is 55.1 Å². The third-order valence-electron chi connectivity index (χ3n) is 3.06. The molecule has 0 fully saturated rings. The molecule has 104 valence electrons. The van der Waals surface area contributed by atoms with Gasteiger partial charge >= 0.3 is 0 Å². The number of anilines is 1. The molecule has 0 aromatic heterocycles. The average Bonchev–Trinajstić information content (AvgIpc) is 2.44. The zero-order valence-corrected chi connectivity index (χ0v) is 11.3. The Balaban J connectivity index is 1.99. The number of benzene rings is 2.